The summed E-state index contributed by atoms with van der Waals surface area (Å²) >= 11 is 0. The molecule has 4 N–H and O–H groups in total. The topological polar surface area (TPSA) is 163 Å². The molecule has 0 radical (unpaired) electrons. The summed E-state index contributed by atoms with van der Waals surface area (Å²) in [7, 11) is 3.41. The van der Waals surface area contributed by atoms with E-state index < -0.39 is 24.2 Å². The summed E-state index contributed by atoms with van der Waals surface area (Å²) in [6, 6.07) is 50.5. The summed E-state index contributed by atoms with van der Waals surface area (Å²) in [4.78, 5) is 92.1. The number of rotatable bonds is 23. The number of carbonyl (C=O) groups excluding carboxylic acids is 6. The van der Waals surface area contributed by atoms with Gasteiger partial charge in [0.25, 0.3) is 11.8 Å². The number of hydrogen-bond donors (Lipinski definition) is 4. The largest absolute Gasteiger partial charge is 0.339 e. The van der Waals surface area contributed by atoms with Crippen LogP contribution >= 0.6 is 0 Å². The minimum absolute atomic E-state index is 0.143. The minimum Gasteiger partial charge on any atom is -0.339 e. The third-order valence-electron chi connectivity index (χ3n) is 15.4. The van der Waals surface area contributed by atoms with Crippen LogP contribution in [0.2, 0.25) is 0 Å². The SMILES string of the molecule is CN[C@@H](C)C(=O)N[C@H](C(=O)N1CCC[C@H]1CN(CCc1ccccc1)C(=O)c1ccc(-c2ccc(C(=O)N(CCc3ccccc3)C[C@@H]3CCCN3C(=O)[C@@H](NC(=O)[C@H](C)NC)c3ccccc3)cc2)cc1)c1ccccc1. The Morgan fingerprint density at radius 3 is 1.14 bits per heavy atom. The van der Waals surface area contributed by atoms with Crippen molar-refractivity contribution in [2.24, 2.45) is 0 Å². The fourth-order valence-corrected chi connectivity index (χ4v) is 10.5. The Hall–Kier alpha value is -7.94. The predicted octanol–water partition coefficient (Wildman–Crippen LogP) is 7.64. The van der Waals surface area contributed by atoms with Crippen molar-refractivity contribution in [2.45, 2.75) is 88.6 Å². The molecule has 6 amide bonds. The lowest BCUT2D eigenvalue weighted by molar-refractivity contribution is -0.138. The lowest BCUT2D eigenvalue weighted by atomic mass is 10.0. The molecule has 2 saturated heterocycles. The monoisotopic (exact) mass is 1050 g/mol. The standard InChI is InChI=1S/C64H74N8O6/c1-45(65-3)59(73)67-57(51-23-13-7-14-24-51)63(77)71-39-17-27-55(71)43-69(41-37-47-19-9-5-10-20-47)61(75)53-33-29-49(30-34-53)50-31-35-54(36-32-50)62(76)70(42-38-48-21-11-6-12-22-48)44-56-28-18-40-72(56)64(78)58(52-25-15-8-16-26-52)68-60(74)46(2)66-4/h5-16,19-26,29-36,45-46,55-58,65-66H,17-18,27-28,37-44H2,1-4H3,(H,67,73)(H,68,74)/t45-,46-,55-,56-,57-,58-/m0/s1. The van der Waals surface area contributed by atoms with Crippen LogP contribution in [0.25, 0.3) is 11.1 Å². The second-order valence-electron chi connectivity index (χ2n) is 20.5. The number of likely N-dealkylation sites (tertiary alicyclic amines) is 2. The fourth-order valence-electron chi connectivity index (χ4n) is 10.5. The highest BCUT2D eigenvalue weighted by Crippen LogP contribution is 2.29. The first-order valence-electron chi connectivity index (χ1n) is 27.4. The molecule has 8 rings (SSSR count). The highest BCUT2D eigenvalue weighted by Gasteiger charge is 2.39. The van der Waals surface area contributed by atoms with Crippen LogP contribution in [0.15, 0.2) is 170 Å². The van der Waals surface area contributed by atoms with Gasteiger partial charge in [0.15, 0.2) is 0 Å². The molecule has 0 unspecified atom stereocenters. The smallest absolute Gasteiger partial charge is 0.253 e. The van der Waals surface area contributed by atoms with E-state index in [4.69, 9.17) is 0 Å². The quantitative estimate of drug-likeness (QED) is 0.0509. The number of benzene rings is 6. The van der Waals surface area contributed by atoms with Crippen molar-refractivity contribution in [3.05, 3.63) is 203 Å². The molecule has 14 nitrogen and oxygen atoms in total. The maximum Gasteiger partial charge on any atom is 0.253 e. The highest BCUT2D eigenvalue weighted by atomic mass is 16.2. The molecular weight excluding hydrogens is 977 g/mol. The Morgan fingerprint density at radius 1 is 0.474 bits per heavy atom. The second kappa shape index (κ2) is 27.4. The minimum atomic E-state index is -0.879. The number of amides is 6. The van der Waals surface area contributed by atoms with Crippen LogP contribution < -0.4 is 21.3 Å². The van der Waals surface area contributed by atoms with Gasteiger partial charge >= 0.3 is 0 Å². The molecule has 2 fully saturated rings. The Kier molecular flexibility index (Phi) is 19.8. The molecule has 0 aromatic heterocycles. The van der Waals surface area contributed by atoms with Crippen LogP contribution in [0.3, 0.4) is 0 Å². The van der Waals surface area contributed by atoms with Gasteiger partial charge in [0.1, 0.15) is 12.1 Å². The van der Waals surface area contributed by atoms with Crippen molar-refractivity contribution in [3.8, 4) is 11.1 Å². The Bertz CT molecular complexity index is 2730. The fraction of sp³-hybridized carbons (Fsp3) is 0.344. The lowest BCUT2D eigenvalue weighted by Crippen LogP contribution is -2.51. The van der Waals surface area contributed by atoms with Gasteiger partial charge in [-0.2, -0.15) is 0 Å². The Morgan fingerprint density at radius 2 is 0.808 bits per heavy atom. The van der Waals surface area contributed by atoms with Crippen LogP contribution in [0, 0.1) is 0 Å². The van der Waals surface area contributed by atoms with Gasteiger partial charge in [-0.05, 0) is 124 Å². The van der Waals surface area contributed by atoms with Crippen molar-refractivity contribution < 1.29 is 28.8 Å². The van der Waals surface area contributed by atoms with E-state index in [9.17, 15) is 28.8 Å². The van der Waals surface area contributed by atoms with Gasteiger partial charge < -0.3 is 40.9 Å². The van der Waals surface area contributed by atoms with Crippen molar-refractivity contribution in [2.75, 3.05) is 53.4 Å². The van der Waals surface area contributed by atoms with Gasteiger partial charge in [-0.15, -0.1) is 0 Å². The molecule has 2 heterocycles. The predicted molar refractivity (Wildman–Crippen MR) is 305 cm³/mol. The average molecular weight is 1050 g/mol. The van der Waals surface area contributed by atoms with Crippen molar-refractivity contribution in [3.63, 3.8) is 0 Å². The molecule has 14 heteroatoms. The van der Waals surface area contributed by atoms with Gasteiger partial charge in [-0.1, -0.05) is 146 Å². The summed E-state index contributed by atoms with van der Waals surface area (Å²) in [5, 5.41) is 11.9. The number of hydrogen-bond acceptors (Lipinski definition) is 8. The number of nitrogens with zero attached hydrogens (tertiary/aromatic N) is 4. The van der Waals surface area contributed by atoms with E-state index in [1.807, 2.05) is 189 Å². The Balaban J connectivity index is 0.980. The van der Waals surface area contributed by atoms with Gasteiger partial charge in [0, 0.05) is 62.5 Å². The third kappa shape index (κ3) is 14.3. The van der Waals surface area contributed by atoms with Crippen LogP contribution in [0.1, 0.15) is 94.6 Å². The van der Waals surface area contributed by atoms with E-state index in [0.717, 1.165) is 47.9 Å². The van der Waals surface area contributed by atoms with E-state index in [-0.39, 0.29) is 47.5 Å². The maximum absolute atomic E-state index is 14.6. The third-order valence-corrected chi connectivity index (χ3v) is 15.4. The molecule has 2 aliphatic heterocycles. The molecule has 0 aliphatic carbocycles. The molecule has 6 aromatic carbocycles. The lowest BCUT2D eigenvalue weighted by Gasteiger charge is -2.34. The zero-order valence-corrected chi connectivity index (χ0v) is 45.4. The average Bonchev–Trinajstić information content (AvgIpc) is 4.21. The zero-order chi connectivity index (χ0) is 55.0. The molecule has 2 aliphatic rings. The first-order chi connectivity index (χ1) is 37.9. The van der Waals surface area contributed by atoms with Crippen LogP contribution in [0.4, 0.5) is 0 Å². The summed E-state index contributed by atoms with van der Waals surface area (Å²) in [6.07, 6.45) is 4.26. The number of nitrogens with one attached hydrogen (secondary N) is 4. The molecule has 0 bridgehead atoms. The summed E-state index contributed by atoms with van der Waals surface area (Å²) in [5.41, 5.74) is 6.38. The van der Waals surface area contributed by atoms with Crippen LogP contribution in [-0.2, 0) is 32.0 Å². The van der Waals surface area contributed by atoms with Crippen molar-refractivity contribution in [1.82, 2.24) is 40.9 Å². The van der Waals surface area contributed by atoms with Gasteiger partial charge in [-0.25, -0.2) is 0 Å². The summed E-state index contributed by atoms with van der Waals surface area (Å²) < 4.78 is 0. The van der Waals surface area contributed by atoms with Crippen LogP contribution in [0.5, 0.6) is 0 Å². The van der Waals surface area contributed by atoms with Gasteiger partial charge in [0.2, 0.25) is 23.6 Å². The molecule has 6 aromatic rings. The second-order valence-corrected chi connectivity index (χ2v) is 20.5. The molecule has 6 atom stereocenters. The normalized spacial score (nSPS) is 16.6. The molecule has 0 spiro atoms. The van der Waals surface area contributed by atoms with E-state index in [0.29, 0.717) is 74.4 Å². The van der Waals surface area contributed by atoms with E-state index in [1.54, 1.807) is 27.9 Å². The Labute approximate surface area is 459 Å². The summed E-state index contributed by atoms with van der Waals surface area (Å²) in [6.45, 7) is 6.09. The highest BCUT2D eigenvalue weighted by molar-refractivity contribution is 5.96. The maximum atomic E-state index is 14.6. The number of carbonyl (C=O) groups is 6. The van der Waals surface area contributed by atoms with Gasteiger partial charge in [0.05, 0.1) is 12.1 Å². The molecule has 0 saturated carbocycles. The zero-order valence-electron chi connectivity index (χ0n) is 45.4. The molecular formula is C64H74N8O6. The first kappa shape index (κ1) is 56.3. The van der Waals surface area contributed by atoms with E-state index in [2.05, 4.69) is 21.3 Å². The van der Waals surface area contributed by atoms with E-state index >= 15 is 0 Å². The van der Waals surface area contributed by atoms with Crippen molar-refractivity contribution >= 4 is 35.4 Å². The van der Waals surface area contributed by atoms with E-state index in [1.165, 1.54) is 0 Å². The molecule has 406 valence electrons. The number of likely N-dealkylation sites (N-methyl/N-ethyl adjacent to an activating group) is 2. The van der Waals surface area contributed by atoms with Crippen molar-refractivity contribution in [1.29, 1.82) is 0 Å². The molecule has 78 heavy (non-hydrogen) atoms. The first-order valence-corrected chi connectivity index (χ1v) is 27.4. The summed E-state index contributed by atoms with van der Waals surface area (Å²) in [5.74, 6) is -1.24. The van der Waals surface area contributed by atoms with Gasteiger partial charge in [-0.3, -0.25) is 28.8 Å². The van der Waals surface area contributed by atoms with Crippen LogP contribution in [-0.4, -0.2) is 133 Å².